The lowest BCUT2D eigenvalue weighted by molar-refractivity contribution is 1.01. The number of benzene rings is 2. The molecule has 2 heterocycles. The summed E-state index contributed by atoms with van der Waals surface area (Å²) >= 11 is 0. The van der Waals surface area contributed by atoms with Crippen LogP contribution in [0.2, 0.25) is 0 Å². The zero-order valence-corrected chi connectivity index (χ0v) is 14.4. The number of hydrogen-bond acceptors (Lipinski definition) is 4. The smallest absolute Gasteiger partial charge is 0.160 e. The number of aromatic nitrogens is 4. The predicted octanol–water partition coefficient (Wildman–Crippen LogP) is 4.16. The number of halogens is 1. The summed E-state index contributed by atoms with van der Waals surface area (Å²) in [5.74, 6) is 4.13. The van der Waals surface area contributed by atoms with Gasteiger partial charge < -0.3 is 10.3 Å². The van der Waals surface area contributed by atoms with E-state index < -0.39 is 0 Å². The maximum absolute atomic E-state index is 5.34. The van der Waals surface area contributed by atoms with Crippen LogP contribution < -0.4 is 5.32 Å². The molecule has 0 aliphatic carbocycles. The molecule has 6 heteroatoms. The minimum Gasteiger partial charge on any atom is -0.341 e. The Hall–Kier alpha value is -3.10. The van der Waals surface area contributed by atoms with Crippen LogP contribution in [0.25, 0.3) is 21.8 Å². The molecule has 0 unspecified atom stereocenters. The van der Waals surface area contributed by atoms with Gasteiger partial charge in [-0.05, 0) is 25.1 Å². The van der Waals surface area contributed by atoms with E-state index in [4.69, 9.17) is 6.42 Å². The molecule has 4 rings (SSSR count). The third kappa shape index (κ3) is 3.12. The van der Waals surface area contributed by atoms with Gasteiger partial charge in [0.05, 0.1) is 23.1 Å². The molecule has 0 spiro atoms. The molecule has 0 saturated carbocycles. The summed E-state index contributed by atoms with van der Waals surface area (Å²) in [5, 5.41) is 14.0. The molecule has 0 amide bonds. The van der Waals surface area contributed by atoms with E-state index in [-0.39, 0.29) is 12.4 Å². The Balaban J connectivity index is 0.00000182. The summed E-state index contributed by atoms with van der Waals surface area (Å²) in [6.45, 7) is 1.96. The standard InChI is InChI=1S/C19H15N5.ClH/c1-3-6-18-21-16-10-9-13(11-17(16)22-18)20-19-15-8-5-4-7-14(15)12(2)23-24-19;/h1,4-5,7-11H,6H2,2H3,(H,20,24)(H,21,22);1H. The van der Waals surface area contributed by atoms with E-state index in [1.807, 2.05) is 43.3 Å². The van der Waals surface area contributed by atoms with Crippen molar-refractivity contribution in [2.45, 2.75) is 13.3 Å². The van der Waals surface area contributed by atoms with Gasteiger partial charge in [0, 0.05) is 16.5 Å². The number of H-pyrrole nitrogens is 1. The first-order valence-corrected chi connectivity index (χ1v) is 7.66. The molecule has 2 aromatic heterocycles. The third-order valence-electron chi connectivity index (χ3n) is 3.94. The van der Waals surface area contributed by atoms with Crippen molar-refractivity contribution in [3.05, 3.63) is 54.0 Å². The van der Waals surface area contributed by atoms with E-state index in [1.54, 1.807) is 0 Å². The highest BCUT2D eigenvalue weighted by Gasteiger charge is 2.08. The van der Waals surface area contributed by atoms with Crippen LogP contribution in [0.4, 0.5) is 11.5 Å². The Bertz CT molecular complexity index is 1090. The second kappa shape index (κ2) is 6.80. The molecule has 4 aromatic rings. The van der Waals surface area contributed by atoms with Crippen molar-refractivity contribution in [2.24, 2.45) is 0 Å². The van der Waals surface area contributed by atoms with Crippen molar-refractivity contribution in [3.8, 4) is 12.3 Å². The Morgan fingerprint density at radius 1 is 1.12 bits per heavy atom. The number of anilines is 2. The van der Waals surface area contributed by atoms with Gasteiger partial charge in [0.2, 0.25) is 0 Å². The molecule has 25 heavy (non-hydrogen) atoms. The van der Waals surface area contributed by atoms with Crippen LogP contribution in [0.3, 0.4) is 0 Å². The van der Waals surface area contributed by atoms with Crippen LogP contribution in [0.5, 0.6) is 0 Å². The van der Waals surface area contributed by atoms with Crippen LogP contribution >= 0.6 is 12.4 Å². The van der Waals surface area contributed by atoms with Gasteiger partial charge in [-0.25, -0.2) is 4.98 Å². The van der Waals surface area contributed by atoms with Crippen molar-refractivity contribution in [2.75, 3.05) is 5.32 Å². The average Bonchev–Trinajstić information content (AvgIpc) is 3.00. The minimum atomic E-state index is 0. The topological polar surface area (TPSA) is 66.5 Å². The quantitative estimate of drug-likeness (QED) is 0.545. The van der Waals surface area contributed by atoms with Gasteiger partial charge in [-0.1, -0.05) is 30.2 Å². The largest absolute Gasteiger partial charge is 0.341 e. The first-order chi connectivity index (χ1) is 11.7. The fourth-order valence-electron chi connectivity index (χ4n) is 2.79. The molecule has 5 nitrogen and oxygen atoms in total. The number of aryl methyl sites for hydroxylation is 1. The third-order valence-corrected chi connectivity index (χ3v) is 3.94. The second-order valence-corrected chi connectivity index (χ2v) is 5.60. The molecular weight excluding hydrogens is 334 g/mol. The van der Waals surface area contributed by atoms with Crippen molar-refractivity contribution in [1.82, 2.24) is 20.2 Å². The molecule has 0 atom stereocenters. The number of terminal acetylenes is 1. The van der Waals surface area contributed by atoms with Crippen LogP contribution in [-0.2, 0) is 6.42 Å². The van der Waals surface area contributed by atoms with E-state index in [0.29, 0.717) is 6.42 Å². The molecule has 2 N–H and O–H groups in total. The molecule has 0 bridgehead atoms. The van der Waals surface area contributed by atoms with Crippen LogP contribution in [0.15, 0.2) is 42.5 Å². The zero-order chi connectivity index (χ0) is 16.5. The van der Waals surface area contributed by atoms with Gasteiger partial charge in [0.25, 0.3) is 0 Å². The van der Waals surface area contributed by atoms with Gasteiger partial charge >= 0.3 is 0 Å². The maximum atomic E-state index is 5.34. The second-order valence-electron chi connectivity index (χ2n) is 5.60. The normalized spacial score (nSPS) is 10.4. The van der Waals surface area contributed by atoms with Crippen LogP contribution in [0, 0.1) is 19.3 Å². The fourth-order valence-corrected chi connectivity index (χ4v) is 2.79. The minimum absolute atomic E-state index is 0. The lowest BCUT2D eigenvalue weighted by atomic mass is 10.1. The van der Waals surface area contributed by atoms with Gasteiger partial charge in [-0.3, -0.25) is 0 Å². The van der Waals surface area contributed by atoms with Crippen molar-refractivity contribution >= 4 is 45.7 Å². The molecule has 0 aliphatic rings. The van der Waals surface area contributed by atoms with E-state index >= 15 is 0 Å². The first kappa shape index (κ1) is 16.7. The summed E-state index contributed by atoms with van der Waals surface area (Å²) in [4.78, 5) is 7.70. The number of fused-ring (bicyclic) bond motifs is 2. The van der Waals surface area contributed by atoms with Crippen LogP contribution in [0.1, 0.15) is 11.5 Å². The lowest BCUT2D eigenvalue weighted by Gasteiger charge is -2.09. The molecule has 124 valence electrons. The van der Waals surface area contributed by atoms with Gasteiger partial charge in [-0.15, -0.1) is 23.9 Å². The predicted molar refractivity (Wildman–Crippen MR) is 103 cm³/mol. The number of hydrogen-bond donors (Lipinski definition) is 2. The Morgan fingerprint density at radius 3 is 2.72 bits per heavy atom. The maximum Gasteiger partial charge on any atom is 0.160 e. The highest BCUT2D eigenvalue weighted by atomic mass is 35.5. The molecule has 0 saturated heterocycles. The van der Waals surface area contributed by atoms with Crippen molar-refractivity contribution in [1.29, 1.82) is 0 Å². The molecule has 0 aliphatic heterocycles. The summed E-state index contributed by atoms with van der Waals surface area (Å²) in [7, 11) is 0. The molecule has 2 aromatic carbocycles. The molecular formula is C19H16ClN5. The van der Waals surface area contributed by atoms with Gasteiger partial charge in [0.1, 0.15) is 5.82 Å². The van der Waals surface area contributed by atoms with Crippen molar-refractivity contribution < 1.29 is 0 Å². The van der Waals surface area contributed by atoms with Gasteiger partial charge in [-0.2, -0.15) is 5.10 Å². The highest BCUT2D eigenvalue weighted by Crippen LogP contribution is 2.26. The van der Waals surface area contributed by atoms with E-state index in [1.165, 1.54) is 0 Å². The van der Waals surface area contributed by atoms with Gasteiger partial charge in [0.15, 0.2) is 5.82 Å². The van der Waals surface area contributed by atoms with E-state index in [2.05, 4.69) is 37.5 Å². The average molecular weight is 350 g/mol. The summed E-state index contributed by atoms with van der Waals surface area (Å²) in [6.07, 6.45) is 5.83. The monoisotopic (exact) mass is 349 g/mol. The lowest BCUT2D eigenvalue weighted by Crippen LogP contribution is -1.98. The number of aromatic amines is 1. The molecule has 0 radical (unpaired) electrons. The summed E-state index contributed by atoms with van der Waals surface area (Å²) in [6, 6.07) is 14.0. The van der Waals surface area contributed by atoms with Crippen LogP contribution in [-0.4, -0.2) is 20.2 Å². The fraction of sp³-hybridized carbons (Fsp3) is 0.105. The highest BCUT2D eigenvalue weighted by molar-refractivity contribution is 5.94. The SMILES string of the molecule is C#CCc1nc2ccc(Nc3nnc(C)c4ccccc34)cc2[nH]1.Cl. The summed E-state index contributed by atoms with van der Waals surface area (Å²) < 4.78 is 0. The number of nitrogens with zero attached hydrogens (tertiary/aromatic N) is 3. The van der Waals surface area contributed by atoms with Crippen molar-refractivity contribution in [3.63, 3.8) is 0 Å². The summed E-state index contributed by atoms with van der Waals surface area (Å²) in [5.41, 5.74) is 3.67. The molecule has 0 fully saturated rings. The Kier molecular flexibility index (Phi) is 4.55. The Labute approximate surface area is 151 Å². The number of nitrogens with one attached hydrogen (secondary N) is 2. The zero-order valence-electron chi connectivity index (χ0n) is 13.6. The number of rotatable bonds is 3. The Morgan fingerprint density at radius 2 is 1.92 bits per heavy atom. The first-order valence-electron chi connectivity index (χ1n) is 7.66. The van der Waals surface area contributed by atoms with E-state index in [9.17, 15) is 0 Å². The van der Waals surface area contributed by atoms with E-state index in [0.717, 1.165) is 44.8 Å². The number of imidazole rings is 1.